The fraction of sp³-hybridized carbons (Fsp3) is 0.462. The summed E-state index contributed by atoms with van der Waals surface area (Å²) < 4.78 is 3.04. The van der Waals surface area contributed by atoms with Crippen molar-refractivity contribution in [2.24, 2.45) is 7.05 Å². The van der Waals surface area contributed by atoms with Crippen LogP contribution in [0.2, 0.25) is 0 Å². The van der Waals surface area contributed by atoms with Crippen molar-refractivity contribution < 1.29 is 0 Å². The Bertz CT molecular complexity index is 530. The fourth-order valence-corrected chi connectivity index (χ4v) is 3.29. The number of aryl methyl sites for hydroxylation is 3. The first kappa shape index (κ1) is 13.8. The molecule has 0 atom stereocenters. The minimum absolute atomic E-state index is 0.831. The van der Waals surface area contributed by atoms with Gasteiger partial charge in [0.25, 0.3) is 0 Å². The summed E-state index contributed by atoms with van der Waals surface area (Å²) in [5.41, 5.74) is 2.23. The molecule has 1 N–H and O–H groups in total. The summed E-state index contributed by atoms with van der Waals surface area (Å²) in [4.78, 5) is 2.84. The molecule has 0 amide bonds. The second kappa shape index (κ2) is 5.99. The number of rotatable bonds is 5. The quantitative estimate of drug-likeness (QED) is 0.912. The van der Waals surface area contributed by atoms with Crippen LogP contribution in [-0.2, 0) is 26.6 Å². The predicted octanol–water partition coefficient (Wildman–Crippen LogP) is 3.40. The molecule has 0 aliphatic heterocycles. The van der Waals surface area contributed by atoms with E-state index < -0.39 is 0 Å². The zero-order valence-corrected chi connectivity index (χ0v) is 13.4. The second-order valence-electron chi connectivity index (χ2n) is 4.29. The van der Waals surface area contributed by atoms with Crippen LogP contribution < -0.4 is 5.32 Å². The molecule has 0 spiro atoms. The normalized spacial score (nSPS) is 11.1. The van der Waals surface area contributed by atoms with E-state index in [0.29, 0.717) is 0 Å². The smallest absolute Gasteiger partial charge is 0.0739 e. The van der Waals surface area contributed by atoms with Crippen LogP contribution >= 0.6 is 27.3 Å². The van der Waals surface area contributed by atoms with Gasteiger partial charge in [-0.3, -0.25) is 4.68 Å². The predicted molar refractivity (Wildman–Crippen MR) is 79.9 cm³/mol. The SMILES string of the molecule is CCc1ccc(CNCc2c(Br)c(C)nn2C)s1. The summed E-state index contributed by atoms with van der Waals surface area (Å²) in [6, 6.07) is 4.42. The molecule has 0 saturated carbocycles. The summed E-state index contributed by atoms with van der Waals surface area (Å²) >= 11 is 5.47. The van der Waals surface area contributed by atoms with E-state index >= 15 is 0 Å². The van der Waals surface area contributed by atoms with Gasteiger partial charge < -0.3 is 5.32 Å². The number of aromatic nitrogens is 2. The Morgan fingerprint density at radius 2 is 2.06 bits per heavy atom. The minimum Gasteiger partial charge on any atom is -0.306 e. The molecule has 2 aromatic heterocycles. The number of nitrogens with one attached hydrogen (secondary N) is 1. The number of hydrogen-bond donors (Lipinski definition) is 1. The molecular weight excluding hydrogens is 310 g/mol. The fourth-order valence-electron chi connectivity index (χ4n) is 1.88. The zero-order chi connectivity index (χ0) is 13.1. The van der Waals surface area contributed by atoms with Gasteiger partial charge in [0.1, 0.15) is 0 Å². The van der Waals surface area contributed by atoms with Crippen LogP contribution in [0.25, 0.3) is 0 Å². The van der Waals surface area contributed by atoms with E-state index in [1.165, 1.54) is 15.4 Å². The van der Waals surface area contributed by atoms with E-state index in [0.717, 1.165) is 29.7 Å². The highest BCUT2D eigenvalue weighted by molar-refractivity contribution is 9.10. The van der Waals surface area contributed by atoms with Crippen LogP contribution in [0, 0.1) is 6.92 Å². The summed E-state index contributed by atoms with van der Waals surface area (Å²) in [7, 11) is 1.98. The lowest BCUT2D eigenvalue weighted by Crippen LogP contribution is -2.14. The van der Waals surface area contributed by atoms with Gasteiger partial charge in [-0.1, -0.05) is 6.92 Å². The topological polar surface area (TPSA) is 29.9 Å². The van der Waals surface area contributed by atoms with Crippen molar-refractivity contribution >= 4 is 27.3 Å². The van der Waals surface area contributed by atoms with Gasteiger partial charge in [-0.05, 0) is 41.4 Å². The van der Waals surface area contributed by atoms with Crippen molar-refractivity contribution in [3.8, 4) is 0 Å². The molecule has 0 aromatic carbocycles. The molecule has 0 fully saturated rings. The first-order valence-electron chi connectivity index (χ1n) is 6.08. The van der Waals surface area contributed by atoms with E-state index in [-0.39, 0.29) is 0 Å². The lowest BCUT2D eigenvalue weighted by atomic mass is 10.3. The molecular formula is C13H18BrN3S. The number of thiophene rings is 1. The van der Waals surface area contributed by atoms with Crippen molar-refractivity contribution in [3.05, 3.63) is 37.7 Å². The molecule has 3 nitrogen and oxygen atoms in total. The maximum absolute atomic E-state index is 4.39. The Morgan fingerprint density at radius 1 is 1.33 bits per heavy atom. The zero-order valence-electron chi connectivity index (χ0n) is 11.0. The monoisotopic (exact) mass is 327 g/mol. The highest BCUT2D eigenvalue weighted by Crippen LogP contribution is 2.20. The minimum atomic E-state index is 0.831. The molecule has 2 aromatic rings. The molecule has 0 aliphatic rings. The Labute approximate surface area is 120 Å². The molecule has 5 heteroatoms. The number of nitrogens with zero attached hydrogens (tertiary/aromatic N) is 2. The number of halogens is 1. The van der Waals surface area contributed by atoms with Crippen LogP contribution in [-0.4, -0.2) is 9.78 Å². The molecule has 2 rings (SSSR count). The molecule has 0 bridgehead atoms. The standard InChI is InChI=1S/C13H18BrN3S/c1-4-10-5-6-11(18-10)7-15-8-12-13(14)9(2)16-17(12)3/h5-6,15H,4,7-8H2,1-3H3. The second-order valence-corrected chi connectivity index (χ2v) is 6.34. The molecule has 2 heterocycles. The van der Waals surface area contributed by atoms with Crippen molar-refractivity contribution in [1.82, 2.24) is 15.1 Å². The van der Waals surface area contributed by atoms with E-state index in [1.54, 1.807) is 0 Å². The van der Waals surface area contributed by atoms with E-state index in [1.807, 2.05) is 30.0 Å². The van der Waals surface area contributed by atoms with Gasteiger partial charge >= 0.3 is 0 Å². The van der Waals surface area contributed by atoms with Crippen LogP contribution in [0.5, 0.6) is 0 Å². The van der Waals surface area contributed by atoms with Crippen LogP contribution in [0.3, 0.4) is 0 Å². The molecule has 0 radical (unpaired) electrons. The van der Waals surface area contributed by atoms with E-state index in [2.05, 4.69) is 45.4 Å². The third-order valence-corrected chi connectivity index (χ3v) is 5.18. The highest BCUT2D eigenvalue weighted by Gasteiger charge is 2.09. The number of hydrogen-bond acceptors (Lipinski definition) is 3. The molecule has 98 valence electrons. The lowest BCUT2D eigenvalue weighted by Gasteiger charge is -2.04. The third kappa shape index (κ3) is 3.02. The summed E-state index contributed by atoms with van der Waals surface area (Å²) in [6.07, 6.45) is 1.12. The van der Waals surface area contributed by atoms with Crippen molar-refractivity contribution in [2.75, 3.05) is 0 Å². The average Bonchev–Trinajstić information content (AvgIpc) is 2.89. The summed E-state index contributed by atoms with van der Waals surface area (Å²) in [6.45, 7) is 5.96. The molecule has 0 aliphatic carbocycles. The molecule has 18 heavy (non-hydrogen) atoms. The van der Waals surface area contributed by atoms with Crippen LogP contribution in [0.4, 0.5) is 0 Å². The van der Waals surface area contributed by atoms with Gasteiger partial charge in [0.2, 0.25) is 0 Å². The first-order valence-corrected chi connectivity index (χ1v) is 7.69. The highest BCUT2D eigenvalue weighted by atomic mass is 79.9. The van der Waals surface area contributed by atoms with Gasteiger partial charge in [-0.25, -0.2) is 0 Å². The average molecular weight is 328 g/mol. The van der Waals surface area contributed by atoms with Crippen LogP contribution in [0.15, 0.2) is 16.6 Å². The largest absolute Gasteiger partial charge is 0.306 e. The first-order chi connectivity index (χ1) is 8.61. The van der Waals surface area contributed by atoms with Crippen molar-refractivity contribution in [3.63, 3.8) is 0 Å². The van der Waals surface area contributed by atoms with Gasteiger partial charge in [0.15, 0.2) is 0 Å². The maximum atomic E-state index is 4.39. The Hall–Kier alpha value is -0.650. The Kier molecular flexibility index (Phi) is 4.59. The lowest BCUT2D eigenvalue weighted by molar-refractivity contribution is 0.626. The Balaban J connectivity index is 1.92. The van der Waals surface area contributed by atoms with Gasteiger partial charge in [0, 0.05) is 29.9 Å². The van der Waals surface area contributed by atoms with E-state index in [4.69, 9.17) is 0 Å². The van der Waals surface area contributed by atoms with Gasteiger partial charge in [0.05, 0.1) is 15.9 Å². The summed E-state index contributed by atoms with van der Waals surface area (Å²) in [5, 5.41) is 7.86. The third-order valence-electron chi connectivity index (χ3n) is 2.92. The maximum Gasteiger partial charge on any atom is 0.0739 e. The Morgan fingerprint density at radius 3 is 2.61 bits per heavy atom. The summed E-state index contributed by atoms with van der Waals surface area (Å²) in [5.74, 6) is 0. The molecule has 0 saturated heterocycles. The van der Waals surface area contributed by atoms with Crippen molar-refractivity contribution in [2.45, 2.75) is 33.4 Å². The van der Waals surface area contributed by atoms with Gasteiger partial charge in [-0.2, -0.15) is 5.10 Å². The van der Waals surface area contributed by atoms with Gasteiger partial charge in [-0.15, -0.1) is 11.3 Å². The van der Waals surface area contributed by atoms with Crippen molar-refractivity contribution in [1.29, 1.82) is 0 Å². The van der Waals surface area contributed by atoms with E-state index in [9.17, 15) is 0 Å². The van der Waals surface area contributed by atoms with Crippen LogP contribution in [0.1, 0.15) is 28.1 Å². The molecule has 0 unspecified atom stereocenters.